The van der Waals surface area contributed by atoms with Crippen molar-refractivity contribution in [3.63, 3.8) is 0 Å². The molecule has 0 spiro atoms. The van der Waals surface area contributed by atoms with Gasteiger partial charge >= 0.3 is 0 Å². The van der Waals surface area contributed by atoms with E-state index in [0.717, 1.165) is 11.5 Å². The van der Waals surface area contributed by atoms with E-state index in [2.05, 4.69) is 20.3 Å². The second-order valence-corrected chi connectivity index (χ2v) is 3.76. The van der Waals surface area contributed by atoms with Crippen molar-refractivity contribution in [1.82, 2.24) is 20.3 Å². The molecule has 0 aromatic carbocycles. The summed E-state index contributed by atoms with van der Waals surface area (Å²) in [5, 5.41) is 2.64. The first-order valence-electron chi connectivity index (χ1n) is 5.35. The maximum atomic E-state index is 11.7. The summed E-state index contributed by atoms with van der Waals surface area (Å²) in [7, 11) is 0. The zero-order valence-corrected chi connectivity index (χ0v) is 10.1. The molecule has 2 heterocycles. The van der Waals surface area contributed by atoms with Crippen LogP contribution in [0.1, 0.15) is 27.8 Å². The van der Waals surface area contributed by atoms with E-state index in [0.29, 0.717) is 5.89 Å². The first kappa shape index (κ1) is 12.0. The van der Waals surface area contributed by atoms with Gasteiger partial charge in [-0.25, -0.2) is 15.0 Å². The Kier molecular flexibility index (Phi) is 3.22. The molecule has 2 aromatic rings. The van der Waals surface area contributed by atoms with Gasteiger partial charge in [0.05, 0.1) is 24.6 Å². The third-order valence-corrected chi connectivity index (χ3v) is 2.38. The number of nitrogens with zero attached hydrogens (tertiary/aromatic N) is 3. The van der Waals surface area contributed by atoms with E-state index in [9.17, 15) is 4.79 Å². The molecule has 0 saturated heterocycles. The molecule has 2 rings (SSSR count). The van der Waals surface area contributed by atoms with Crippen LogP contribution in [-0.2, 0) is 6.54 Å². The van der Waals surface area contributed by atoms with Crippen LogP contribution in [0.25, 0.3) is 0 Å². The van der Waals surface area contributed by atoms with Crippen LogP contribution in [0.15, 0.2) is 16.8 Å². The highest BCUT2D eigenvalue weighted by molar-refractivity contribution is 5.91. The molecule has 18 heavy (non-hydrogen) atoms. The Morgan fingerprint density at radius 3 is 2.72 bits per heavy atom. The van der Waals surface area contributed by atoms with Crippen LogP contribution in [0.4, 0.5) is 5.82 Å². The summed E-state index contributed by atoms with van der Waals surface area (Å²) in [6.45, 7) is 3.87. The number of rotatable bonds is 3. The van der Waals surface area contributed by atoms with Gasteiger partial charge in [-0.2, -0.15) is 0 Å². The second kappa shape index (κ2) is 4.82. The molecule has 0 aliphatic rings. The standard InChI is InChI=1S/C11H13N5O2/c1-6-7(2)18-10(16-6)5-15-11(17)8-3-14-9(12)4-13-8/h3-4H,5H2,1-2H3,(H2,12,14)(H,15,17). The number of nitrogens with two attached hydrogens (primary N) is 1. The molecule has 0 atom stereocenters. The van der Waals surface area contributed by atoms with Crippen molar-refractivity contribution < 1.29 is 9.21 Å². The Labute approximate surface area is 103 Å². The van der Waals surface area contributed by atoms with Gasteiger partial charge in [-0.05, 0) is 13.8 Å². The number of oxazole rings is 1. The normalized spacial score (nSPS) is 10.3. The quantitative estimate of drug-likeness (QED) is 0.822. The number of nitrogens with one attached hydrogen (secondary N) is 1. The SMILES string of the molecule is Cc1nc(CNC(=O)c2cnc(N)cn2)oc1C. The monoisotopic (exact) mass is 247 g/mol. The molecule has 7 heteroatoms. The van der Waals surface area contributed by atoms with Crippen molar-refractivity contribution in [3.8, 4) is 0 Å². The van der Waals surface area contributed by atoms with E-state index < -0.39 is 0 Å². The fraction of sp³-hybridized carbons (Fsp3) is 0.273. The van der Waals surface area contributed by atoms with Gasteiger partial charge in [0.1, 0.15) is 17.3 Å². The molecule has 7 nitrogen and oxygen atoms in total. The van der Waals surface area contributed by atoms with Crippen molar-refractivity contribution in [2.75, 3.05) is 5.73 Å². The third-order valence-electron chi connectivity index (χ3n) is 2.38. The number of anilines is 1. The molecule has 0 aliphatic heterocycles. The van der Waals surface area contributed by atoms with Gasteiger partial charge in [0.15, 0.2) is 0 Å². The number of carbonyl (C=O) groups excluding carboxylic acids is 1. The Morgan fingerprint density at radius 2 is 2.17 bits per heavy atom. The minimum atomic E-state index is -0.351. The first-order chi connectivity index (χ1) is 8.56. The van der Waals surface area contributed by atoms with Crippen molar-refractivity contribution in [2.24, 2.45) is 0 Å². The Bertz CT molecular complexity index is 542. The summed E-state index contributed by atoms with van der Waals surface area (Å²) in [6.07, 6.45) is 2.64. The van der Waals surface area contributed by atoms with Crippen LogP contribution in [0.2, 0.25) is 0 Å². The van der Waals surface area contributed by atoms with Crippen molar-refractivity contribution in [3.05, 3.63) is 35.4 Å². The van der Waals surface area contributed by atoms with E-state index in [1.54, 1.807) is 0 Å². The lowest BCUT2D eigenvalue weighted by Crippen LogP contribution is -2.24. The van der Waals surface area contributed by atoms with E-state index in [-0.39, 0.29) is 24.0 Å². The highest BCUT2D eigenvalue weighted by atomic mass is 16.4. The average molecular weight is 247 g/mol. The van der Waals surface area contributed by atoms with E-state index in [1.165, 1.54) is 12.4 Å². The predicted octanol–water partition coefficient (Wildman–Crippen LogP) is 0.594. The van der Waals surface area contributed by atoms with E-state index in [4.69, 9.17) is 10.2 Å². The molecule has 0 aliphatic carbocycles. The van der Waals surface area contributed by atoms with Crippen LogP contribution < -0.4 is 11.1 Å². The molecule has 0 fully saturated rings. The van der Waals surface area contributed by atoms with Gasteiger partial charge in [0, 0.05) is 0 Å². The molecule has 0 bridgehead atoms. The lowest BCUT2D eigenvalue weighted by atomic mass is 10.4. The van der Waals surface area contributed by atoms with Crippen molar-refractivity contribution in [1.29, 1.82) is 0 Å². The molecule has 94 valence electrons. The fourth-order valence-electron chi connectivity index (χ4n) is 1.32. The van der Waals surface area contributed by atoms with Crippen LogP contribution in [0.3, 0.4) is 0 Å². The molecular formula is C11H13N5O2. The van der Waals surface area contributed by atoms with Gasteiger partial charge in [0.2, 0.25) is 5.89 Å². The van der Waals surface area contributed by atoms with Gasteiger partial charge in [-0.1, -0.05) is 0 Å². The Morgan fingerprint density at radius 1 is 1.39 bits per heavy atom. The smallest absolute Gasteiger partial charge is 0.271 e. The molecule has 0 saturated carbocycles. The second-order valence-electron chi connectivity index (χ2n) is 3.76. The molecule has 1 amide bonds. The van der Waals surface area contributed by atoms with E-state index in [1.807, 2.05) is 13.8 Å². The van der Waals surface area contributed by atoms with Crippen LogP contribution in [-0.4, -0.2) is 20.9 Å². The number of hydrogen-bond donors (Lipinski definition) is 2. The topological polar surface area (TPSA) is 107 Å². The van der Waals surface area contributed by atoms with Gasteiger partial charge in [-0.15, -0.1) is 0 Å². The molecule has 3 N–H and O–H groups in total. The molecule has 2 aromatic heterocycles. The van der Waals surface area contributed by atoms with Crippen molar-refractivity contribution in [2.45, 2.75) is 20.4 Å². The summed E-state index contributed by atoms with van der Waals surface area (Å²) in [4.78, 5) is 23.5. The summed E-state index contributed by atoms with van der Waals surface area (Å²) < 4.78 is 5.34. The summed E-state index contributed by atoms with van der Waals surface area (Å²) in [6, 6.07) is 0. The fourth-order valence-corrected chi connectivity index (χ4v) is 1.32. The maximum absolute atomic E-state index is 11.7. The number of carbonyl (C=O) groups is 1. The van der Waals surface area contributed by atoms with Crippen LogP contribution in [0, 0.1) is 13.8 Å². The first-order valence-corrected chi connectivity index (χ1v) is 5.35. The lowest BCUT2D eigenvalue weighted by Gasteiger charge is -2.01. The van der Waals surface area contributed by atoms with Crippen molar-refractivity contribution >= 4 is 11.7 Å². The predicted molar refractivity (Wildman–Crippen MR) is 63.6 cm³/mol. The zero-order valence-electron chi connectivity index (χ0n) is 10.1. The molecule has 0 radical (unpaired) electrons. The number of amides is 1. The largest absolute Gasteiger partial charge is 0.444 e. The highest BCUT2D eigenvalue weighted by Gasteiger charge is 2.10. The minimum absolute atomic E-state index is 0.198. The molecule has 0 unspecified atom stereocenters. The zero-order chi connectivity index (χ0) is 13.1. The number of aromatic nitrogens is 3. The summed E-state index contributed by atoms with van der Waals surface area (Å²) >= 11 is 0. The number of aryl methyl sites for hydroxylation is 2. The van der Waals surface area contributed by atoms with Gasteiger partial charge < -0.3 is 15.5 Å². The number of hydrogen-bond acceptors (Lipinski definition) is 6. The highest BCUT2D eigenvalue weighted by Crippen LogP contribution is 2.07. The third kappa shape index (κ3) is 2.62. The van der Waals surface area contributed by atoms with Crippen LogP contribution >= 0.6 is 0 Å². The van der Waals surface area contributed by atoms with E-state index >= 15 is 0 Å². The molecular weight excluding hydrogens is 234 g/mol. The number of nitrogen functional groups attached to an aromatic ring is 1. The van der Waals surface area contributed by atoms with Crippen LogP contribution in [0.5, 0.6) is 0 Å². The minimum Gasteiger partial charge on any atom is -0.444 e. The summed E-state index contributed by atoms with van der Waals surface area (Å²) in [5.74, 6) is 1.12. The average Bonchev–Trinajstić information content (AvgIpc) is 2.67. The lowest BCUT2D eigenvalue weighted by molar-refractivity contribution is 0.0941. The van der Waals surface area contributed by atoms with Gasteiger partial charge in [0.25, 0.3) is 5.91 Å². The Hall–Kier alpha value is -2.44. The maximum Gasteiger partial charge on any atom is 0.271 e. The van der Waals surface area contributed by atoms with Gasteiger partial charge in [-0.3, -0.25) is 4.79 Å². The summed E-state index contributed by atoms with van der Waals surface area (Å²) in [5.41, 5.74) is 6.39. The Balaban J connectivity index is 1.98.